The van der Waals surface area contributed by atoms with Crippen LogP contribution in [0.1, 0.15) is 18.9 Å². The molecular weight excluding hydrogens is 364 g/mol. The SMILES string of the molecule is CCOc1ccccc1CCC(=O)Nc1cccc(Cl)c1N1CCOCC1. The number of halogens is 1. The third kappa shape index (κ3) is 5.15. The molecule has 0 spiro atoms. The van der Waals surface area contributed by atoms with E-state index < -0.39 is 0 Å². The van der Waals surface area contributed by atoms with Crippen LogP contribution in [0.5, 0.6) is 5.75 Å². The molecule has 1 heterocycles. The lowest BCUT2D eigenvalue weighted by molar-refractivity contribution is -0.116. The Hall–Kier alpha value is -2.24. The smallest absolute Gasteiger partial charge is 0.224 e. The Morgan fingerprint density at radius 2 is 1.96 bits per heavy atom. The van der Waals surface area contributed by atoms with E-state index in [0.717, 1.165) is 35.8 Å². The molecule has 1 aliphatic rings. The Labute approximate surface area is 165 Å². The van der Waals surface area contributed by atoms with Crippen molar-refractivity contribution in [3.63, 3.8) is 0 Å². The first kappa shape index (κ1) is 19.5. The van der Waals surface area contributed by atoms with Gasteiger partial charge in [0.05, 0.1) is 36.2 Å². The summed E-state index contributed by atoms with van der Waals surface area (Å²) in [7, 11) is 0. The highest BCUT2D eigenvalue weighted by Gasteiger charge is 2.19. The van der Waals surface area contributed by atoms with Crippen LogP contribution in [0.15, 0.2) is 42.5 Å². The van der Waals surface area contributed by atoms with Crippen molar-refractivity contribution in [1.29, 1.82) is 0 Å². The highest BCUT2D eigenvalue weighted by Crippen LogP contribution is 2.34. The van der Waals surface area contributed by atoms with Gasteiger partial charge in [-0.1, -0.05) is 35.9 Å². The topological polar surface area (TPSA) is 50.8 Å². The van der Waals surface area contributed by atoms with E-state index >= 15 is 0 Å². The van der Waals surface area contributed by atoms with Gasteiger partial charge in [0.2, 0.25) is 5.91 Å². The number of carbonyl (C=O) groups excluding carboxylic acids is 1. The fraction of sp³-hybridized carbons (Fsp3) is 0.381. The van der Waals surface area contributed by atoms with Crippen molar-refractivity contribution < 1.29 is 14.3 Å². The molecule has 0 aliphatic carbocycles. The molecule has 6 heteroatoms. The second kappa shape index (κ2) is 9.62. The normalized spacial score (nSPS) is 14.1. The van der Waals surface area contributed by atoms with Crippen LogP contribution in [0.2, 0.25) is 5.02 Å². The summed E-state index contributed by atoms with van der Waals surface area (Å²) < 4.78 is 11.1. The molecule has 1 amide bonds. The first-order chi connectivity index (χ1) is 13.2. The van der Waals surface area contributed by atoms with Crippen LogP contribution in [-0.4, -0.2) is 38.8 Å². The third-order valence-corrected chi connectivity index (χ3v) is 4.79. The number of rotatable bonds is 7. The second-order valence-corrected chi connectivity index (χ2v) is 6.73. The summed E-state index contributed by atoms with van der Waals surface area (Å²) in [6, 6.07) is 13.4. The number of morpholine rings is 1. The van der Waals surface area contributed by atoms with E-state index in [1.54, 1.807) is 0 Å². The molecule has 3 rings (SSSR count). The number of carbonyl (C=O) groups is 1. The largest absolute Gasteiger partial charge is 0.494 e. The van der Waals surface area contributed by atoms with Crippen molar-refractivity contribution in [2.24, 2.45) is 0 Å². The van der Waals surface area contributed by atoms with Gasteiger partial charge >= 0.3 is 0 Å². The number of para-hydroxylation sites is 2. The van der Waals surface area contributed by atoms with Gasteiger partial charge in [-0.05, 0) is 37.1 Å². The molecule has 0 aromatic heterocycles. The van der Waals surface area contributed by atoms with Crippen LogP contribution in [0, 0.1) is 0 Å². The van der Waals surface area contributed by atoms with E-state index in [1.165, 1.54) is 0 Å². The lowest BCUT2D eigenvalue weighted by atomic mass is 10.1. The quantitative estimate of drug-likeness (QED) is 0.774. The summed E-state index contributed by atoms with van der Waals surface area (Å²) in [6.45, 7) is 5.40. The van der Waals surface area contributed by atoms with E-state index in [9.17, 15) is 4.79 Å². The van der Waals surface area contributed by atoms with Crippen molar-refractivity contribution in [2.45, 2.75) is 19.8 Å². The summed E-state index contributed by atoms with van der Waals surface area (Å²) in [6.07, 6.45) is 0.995. The van der Waals surface area contributed by atoms with Gasteiger partial charge in [-0.15, -0.1) is 0 Å². The Balaban J connectivity index is 1.67. The minimum Gasteiger partial charge on any atom is -0.494 e. The molecule has 0 radical (unpaired) electrons. The van der Waals surface area contributed by atoms with E-state index in [0.29, 0.717) is 37.7 Å². The van der Waals surface area contributed by atoms with E-state index in [2.05, 4.69) is 10.2 Å². The van der Waals surface area contributed by atoms with Crippen LogP contribution in [0.4, 0.5) is 11.4 Å². The van der Waals surface area contributed by atoms with Crippen LogP contribution in [0.25, 0.3) is 0 Å². The number of aryl methyl sites for hydroxylation is 1. The first-order valence-electron chi connectivity index (χ1n) is 9.30. The number of benzene rings is 2. The van der Waals surface area contributed by atoms with Gasteiger partial charge in [-0.25, -0.2) is 0 Å². The summed E-state index contributed by atoms with van der Waals surface area (Å²) in [5.41, 5.74) is 2.65. The maximum atomic E-state index is 12.6. The summed E-state index contributed by atoms with van der Waals surface area (Å²) in [5, 5.41) is 3.66. The zero-order chi connectivity index (χ0) is 19.1. The molecule has 1 aliphatic heterocycles. The number of nitrogens with one attached hydrogen (secondary N) is 1. The minimum atomic E-state index is -0.0434. The molecule has 27 heavy (non-hydrogen) atoms. The maximum Gasteiger partial charge on any atom is 0.224 e. The van der Waals surface area contributed by atoms with Gasteiger partial charge in [0.15, 0.2) is 0 Å². The standard InChI is InChI=1S/C21H25ClN2O3/c1-2-27-19-9-4-3-6-16(19)10-11-20(25)23-18-8-5-7-17(22)21(18)24-12-14-26-15-13-24/h3-9H,2,10-15H2,1H3,(H,23,25). The van der Waals surface area contributed by atoms with Crippen molar-refractivity contribution in [2.75, 3.05) is 43.1 Å². The van der Waals surface area contributed by atoms with Gasteiger partial charge in [-0.3, -0.25) is 4.79 Å². The number of hydrogen-bond donors (Lipinski definition) is 1. The van der Waals surface area contributed by atoms with E-state index in [4.69, 9.17) is 21.1 Å². The molecule has 0 saturated carbocycles. The number of amides is 1. The summed E-state index contributed by atoms with van der Waals surface area (Å²) >= 11 is 6.42. The van der Waals surface area contributed by atoms with Gasteiger partial charge in [-0.2, -0.15) is 0 Å². The lowest BCUT2D eigenvalue weighted by Crippen LogP contribution is -2.37. The lowest BCUT2D eigenvalue weighted by Gasteiger charge is -2.31. The second-order valence-electron chi connectivity index (χ2n) is 6.32. The summed E-state index contributed by atoms with van der Waals surface area (Å²) in [5.74, 6) is 0.794. The van der Waals surface area contributed by atoms with Crippen molar-refractivity contribution in [1.82, 2.24) is 0 Å². The first-order valence-corrected chi connectivity index (χ1v) is 9.68. The predicted octanol–water partition coefficient (Wildman–Crippen LogP) is 4.15. The molecule has 1 N–H and O–H groups in total. The Morgan fingerprint density at radius 3 is 2.74 bits per heavy atom. The zero-order valence-corrected chi connectivity index (χ0v) is 16.3. The third-order valence-electron chi connectivity index (χ3n) is 4.48. The molecule has 2 aromatic carbocycles. The van der Waals surface area contributed by atoms with Gasteiger partial charge in [0.25, 0.3) is 0 Å². The molecule has 1 fully saturated rings. The number of ether oxygens (including phenoxy) is 2. The fourth-order valence-corrected chi connectivity index (χ4v) is 3.49. The minimum absolute atomic E-state index is 0.0434. The number of nitrogens with zero attached hydrogens (tertiary/aromatic N) is 1. The molecular formula is C21H25ClN2O3. The molecule has 5 nitrogen and oxygen atoms in total. The Bertz CT molecular complexity index is 776. The Kier molecular flexibility index (Phi) is 6.96. The molecule has 2 aromatic rings. The van der Waals surface area contributed by atoms with E-state index in [-0.39, 0.29) is 5.91 Å². The van der Waals surface area contributed by atoms with Crippen LogP contribution in [0.3, 0.4) is 0 Å². The highest BCUT2D eigenvalue weighted by atomic mass is 35.5. The monoisotopic (exact) mass is 388 g/mol. The zero-order valence-electron chi connectivity index (χ0n) is 15.5. The fourth-order valence-electron chi connectivity index (χ4n) is 3.19. The average Bonchev–Trinajstić information content (AvgIpc) is 2.68. The van der Waals surface area contributed by atoms with Crippen molar-refractivity contribution in [3.8, 4) is 5.75 Å². The van der Waals surface area contributed by atoms with Crippen LogP contribution in [-0.2, 0) is 16.0 Å². The van der Waals surface area contributed by atoms with E-state index in [1.807, 2.05) is 49.4 Å². The van der Waals surface area contributed by atoms with Gasteiger partial charge < -0.3 is 19.7 Å². The van der Waals surface area contributed by atoms with Crippen molar-refractivity contribution in [3.05, 3.63) is 53.1 Å². The molecule has 144 valence electrons. The Morgan fingerprint density at radius 1 is 1.19 bits per heavy atom. The van der Waals surface area contributed by atoms with Crippen LogP contribution < -0.4 is 15.0 Å². The van der Waals surface area contributed by atoms with Gasteiger partial charge in [0.1, 0.15) is 5.75 Å². The average molecular weight is 389 g/mol. The maximum absolute atomic E-state index is 12.6. The summed E-state index contributed by atoms with van der Waals surface area (Å²) in [4.78, 5) is 14.7. The number of anilines is 2. The predicted molar refractivity (Wildman–Crippen MR) is 109 cm³/mol. The molecule has 0 atom stereocenters. The van der Waals surface area contributed by atoms with Crippen molar-refractivity contribution >= 4 is 28.9 Å². The molecule has 0 bridgehead atoms. The molecule has 1 saturated heterocycles. The highest BCUT2D eigenvalue weighted by molar-refractivity contribution is 6.34. The number of hydrogen-bond acceptors (Lipinski definition) is 4. The van der Waals surface area contributed by atoms with Crippen LogP contribution >= 0.6 is 11.6 Å². The van der Waals surface area contributed by atoms with Gasteiger partial charge in [0, 0.05) is 19.5 Å². The molecule has 0 unspecified atom stereocenters.